The van der Waals surface area contributed by atoms with Crippen LogP contribution in [0.1, 0.15) is 0 Å². The molecule has 0 spiro atoms. The number of nitrogens with two attached hydrogens (primary N) is 1. The molecule has 0 bridgehead atoms. The van der Waals surface area contributed by atoms with Gasteiger partial charge in [-0.15, -0.1) is 12.1 Å². The molecule has 0 saturated carbocycles. The van der Waals surface area contributed by atoms with Crippen molar-refractivity contribution in [2.45, 2.75) is 4.90 Å². The molecule has 2 aromatic carbocycles. The van der Waals surface area contributed by atoms with Gasteiger partial charge in [0.2, 0.25) is 0 Å². The minimum Gasteiger partial charge on any atom is -0.744 e. The molecular weight excluding hydrogens is 312 g/mol. The summed E-state index contributed by atoms with van der Waals surface area (Å²) < 4.78 is 32.9. The summed E-state index contributed by atoms with van der Waals surface area (Å²) in [7, 11) is -4.62. The zero-order valence-electron chi connectivity index (χ0n) is 11.6. The Morgan fingerprint density at radius 2 is 1.57 bits per heavy atom. The first-order valence-corrected chi connectivity index (χ1v) is 6.61. The summed E-state index contributed by atoms with van der Waals surface area (Å²) in [4.78, 5) is -0.495. The molecule has 2 rings (SSSR count). The topological polar surface area (TPSA) is 108 Å². The van der Waals surface area contributed by atoms with E-state index >= 15 is 0 Å². The average Bonchev–Trinajstić information content (AvgIpc) is 2.37. The number of benzene rings is 2. The molecule has 6 nitrogen and oxygen atoms in total. The summed E-state index contributed by atoms with van der Waals surface area (Å²) in [5, 5.41) is 7.74. The van der Waals surface area contributed by atoms with Crippen LogP contribution in [0.5, 0.6) is 0 Å². The van der Waals surface area contributed by atoms with Crippen LogP contribution in [-0.2, 0) is 10.1 Å². The minimum absolute atomic E-state index is 0. The van der Waals surface area contributed by atoms with Gasteiger partial charge in [-0.05, 0) is 23.9 Å². The zero-order chi connectivity index (χ0) is 13.9. The summed E-state index contributed by atoms with van der Waals surface area (Å²) in [6.45, 7) is 0. The van der Waals surface area contributed by atoms with Crippen LogP contribution in [0.15, 0.2) is 57.6 Å². The van der Waals surface area contributed by atoms with E-state index in [0.717, 1.165) is 6.07 Å². The quantitative estimate of drug-likeness (QED) is 0.207. The van der Waals surface area contributed by atoms with Crippen molar-refractivity contribution in [1.29, 1.82) is 0 Å². The molecule has 0 atom stereocenters. The van der Waals surface area contributed by atoms with Gasteiger partial charge in [0.1, 0.15) is 10.1 Å². The molecule has 0 saturated heterocycles. The maximum absolute atomic E-state index is 11.0. The summed E-state index contributed by atoms with van der Waals surface area (Å²) in [6, 6.07) is 13.4. The van der Waals surface area contributed by atoms with Crippen molar-refractivity contribution >= 4 is 27.2 Å². The molecule has 0 heterocycles. The van der Waals surface area contributed by atoms with Gasteiger partial charge in [-0.3, -0.25) is 0 Å². The molecule has 0 aliphatic carbocycles. The maximum Gasteiger partial charge on any atom is 1.00 e. The van der Waals surface area contributed by atoms with E-state index in [1.165, 1.54) is 12.1 Å². The van der Waals surface area contributed by atoms with Crippen LogP contribution in [-0.4, -0.2) is 13.0 Å². The first-order chi connectivity index (χ1) is 8.97. The third-order valence-corrected chi connectivity index (χ3v) is 3.14. The third kappa shape index (κ3) is 6.17. The van der Waals surface area contributed by atoms with Crippen LogP contribution in [0.25, 0.3) is 0 Å². The standard InChI is InChI=1S/C12H10N3O3S.2Na/c13-11-7-6-10(8-12(11)19(16,17)18)15-14-9-4-2-1-3-5-9;;/h2-8H,13H2,(H,16,17,18);;/q-1;2*+1/p-1. The number of nitrogens with zero attached hydrogens (tertiary/aromatic N) is 2. The molecule has 0 aliphatic rings. The first-order valence-electron chi connectivity index (χ1n) is 5.20. The van der Waals surface area contributed by atoms with E-state index < -0.39 is 15.0 Å². The third-order valence-electron chi connectivity index (χ3n) is 2.25. The number of azo groups is 1. The molecule has 21 heavy (non-hydrogen) atoms. The van der Waals surface area contributed by atoms with Crippen LogP contribution in [0.2, 0.25) is 0 Å². The van der Waals surface area contributed by atoms with E-state index in [1.54, 1.807) is 24.3 Å². The van der Waals surface area contributed by atoms with Crippen LogP contribution in [0, 0.1) is 6.07 Å². The van der Waals surface area contributed by atoms with E-state index in [4.69, 9.17) is 5.73 Å². The predicted octanol–water partition coefficient (Wildman–Crippen LogP) is -3.60. The fraction of sp³-hybridized carbons (Fsp3) is 0. The smallest absolute Gasteiger partial charge is 0.744 e. The van der Waals surface area contributed by atoms with Gasteiger partial charge in [-0.25, -0.2) is 8.42 Å². The van der Waals surface area contributed by atoms with E-state index in [-0.39, 0.29) is 70.5 Å². The molecule has 2 N–H and O–H groups in total. The van der Waals surface area contributed by atoms with E-state index in [9.17, 15) is 13.0 Å². The summed E-state index contributed by atoms with van der Waals surface area (Å²) in [5.41, 5.74) is 6.14. The van der Waals surface area contributed by atoms with Crippen molar-refractivity contribution in [3.05, 3.63) is 48.5 Å². The van der Waals surface area contributed by atoms with Crippen LogP contribution < -0.4 is 64.8 Å². The van der Waals surface area contributed by atoms with Crippen molar-refractivity contribution in [2.75, 3.05) is 5.73 Å². The van der Waals surface area contributed by atoms with E-state index in [1.807, 2.05) is 0 Å². The molecule has 0 unspecified atom stereocenters. The number of nitrogen functional groups attached to an aromatic ring is 1. The van der Waals surface area contributed by atoms with Crippen molar-refractivity contribution in [3.63, 3.8) is 0 Å². The number of hydrogen-bond acceptors (Lipinski definition) is 6. The van der Waals surface area contributed by atoms with E-state index in [2.05, 4.69) is 16.3 Å². The van der Waals surface area contributed by atoms with Crippen molar-refractivity contribution < 1.29 is 72.1 Å². The molecule has 98 valence electrons. The maximum atomic E-state index is 11.0. The summed E-state index contributed by atoms with van der Waals surface area (Å²) in [6.07, 6.45) is 0. The molecule has 0 amide bonds. The van der Waals surface area contributed by atoms with Gasteiger partial charge in [-0.2, -0.15) is 28.4 Å². The van der Waals surface area contributed by atoms with Crippen molar-refractivity contribution in [1.82, 2.24) is 0 Å². The number of hydrogen-bond donors (Lipinski definition) is 1. The normalized spacial score (nSPS) is 10.7. The number of rotatable bonds is 3. The minimum atomic E-state index is -4.62. The Bertz CT molecular complexity index is 722. The number of anilines is 1. The Hall–Kier alpha value is -0.250. The molecule has 0 radical (unpaired) electrons. The SMILES string of the molecule is Nc1ccc(N=Nc2cc[c-]cc2)cc1S(=O)(=O)[O-].[Na+].[Na+]. The zero-order valence-corrected chi connectivity index (χ0v) is 16.5. The van der Waals surface area contributed by atoms with Crippen LogP contribution in [0.4, 0.5) is 17.1 Å². The Morgan fingerprint density at radius 1 is 1.00 bits per heavy atom. The molecule has 0 aliphatic heterocycles. The molecule has 0 fully saturated rings. The molecule has 2 aromatic rings. The molecular formula is C12H9N3Na2O3S. The van der Waals surface area contributed by atoms with Gasteiger partial charge in [-0.1, -0.05) is 0 Å². The largest absolute Gasteiger partial charge is 1.00 e. The Kier molecular flexibility index (Phi) is 8.91. The second-order valence-corrected chi connectivity index (χ2v) is 4.98. The first kappa shape index (κ1) is 20.8. The van der Waals surface area contributed by atoms with Gasteiger partial charge in [0.25, 0.3) is 0 Å². The monoisotopic (exact) mass is 321 g/mol. The van der Waals surface area contributed by atoms with Crippen LogP contribution >= 0.6 is 0 Å². The summed E-state index contributed by atoms with van der Waals surface area (Å²) in [5.74, 6) is 0. The van der Waals surface area contributed by atoms with Gasteiger partial charge >= 0.3 is 59.1 Å². The Balaban J connectivity index is 0.00000200. The fourth-order valence-corrected chi connectivity index (χ4v) is 1.98. The van der Waals surface area contributed by atoms with Gasteiger partial charge in [0.15, 0.2) is 0 Å². The second kappa shape index (κ2) is 9.02. The summed E-state index contributed by atoms with van der Waals surface area (Å²) >= 11 is 0. The van der Waals surface area contributed by atoms with Gasteiger partial charge < -0.3 is 10.3 Å². The predicted molar refractivity (Wildman–Crippen MR) is 68.3 cm³/mol. The Labute approximate surface area is 167 Å². The van der Waals surface area contributed by atoms with Crippen molar-refractivity contribution in [2.24, 2.45) is 10.2 Å². The van der Waals surface area contributed by atoms with Crippen molar-refractivity contribution in [3.8, 4) is 0 Å². The Morgan fingerprint density at radius 3 is 2.14 bits per heavy atom. The fourth-order valence-electron chi connectivity index (χ4n) is 1.36. The van der Waals surface area contributed by atoms with Gasteiger partial charge in [0.05, 0.1) is 10.6 Å². The molecule has 9 heteroatoms. The second-order valence-electron chi connectivity index (χ2n) is 3.63. The van der Waals surface area contributed by atoms with E-state index in [0.29, 0.717) is 5.69 Å². The van der Waals surface area contributed by atoms with Gasteiger partial charge in [0, 0.05) is 5.69 Å². The van der Waals surface area contributed by atoms with Crippen LogP contribution in [0.3, 0.4) is 0 Å². The average molecular weight is 321 g/mol. The molecule has 0 aromatic heterocycles.